The van der Waals surface area contributed by atoms with Crippen LogP contribution in [0.3, 0.4) is 0 Å². The van der Waals surface area contributed by atoms with E-state index in [-0.39, 0.29) is 5.91 Å². The number of rotatable bonds is 5. The molecule has 0 spiro atoms. The van der Waals surface area contributed by atoms with Crippen molar-refractivity contribution in [2.75, 3.05) is 0 Å². The van der Waals surface area contributed by atoms with E-state index in [0.717, 1.165) is 9.13 Å². The highest BCUT2D eigenvalue weighted by atomic mass is 127. The Morgan fingerprint density at radius 3 is 2.39 bits per heavy atom. The Labute approximate surface area is 228 Å². The van der Waals surface area contributed by atoms with Crippen LogP contribution in [0.5, 0.6) is 5.75 Å². The van der Waals surface area contributed by atoms with Crippen molar-refractivity contribution in [3.63, 3.8) is 0 Å². The minimum atomic E-state index is -0.289. The van der Waals surface area contributed by atoms with Crippen LogP contribution in [0.25, 0.3) is 6.08 Å². The molecule has 0 radical (unpaired) electrons. The molecule has 0 aliphatic carbocycles. The van der Waals surface area contributed by atoms with Gasteiger partial charge >= 0.3 is 0 Å². The molecule has 0 unspecified atom stereocenters. The minimum Gasteiger partial charge on any atom is -0.486 e. The summed E-state index contributed by atoms with van der Waals surface area (Å²) in [5.74, 6) is 0.101. The summed E-state index contributed by atoms with van der Waals surface area (Å²) < 4.78 is 6.97. The number of aliphatic imine (C=N–C) groups is 1. The average Bonchev–Trinajstić information content (AvgIpc) is 3.10. The number of nitrogens with one attached hydrogen (secondary N) is 1. The molecule has 4 rings (SSSR count). The highest BCUT2D eigenvalue weighted by Gasteiger charge is 2.24. The molecule has 168 valence electrons. The van der Waals surface area contributed by atoms with Crippen molar-refractivity contribution >= 4 is 104 Å². The molecule has 0 saturated carbocycles. The Kier molecular flexibility index (Phi) is 8.15. The molecule has 4 nitrogen and oxygen atoms in total. The predicted molar refractivity (Wildman–Crippen MR) is 147 cm³/mol. The molecule has 0 atom stereocenters. The molecule has 0 bridgehead atoms. The summed E-state index contributed by atoms with van der Waals surface area (Å²) in [5.41, 5.74) is 2.12. The maximum atomic E-state index is 12.4. The lowest BCUT2D eigenvalue weighted by atomic mass is 10.2. The lowest BCUT2D eigenvalue weighted by molar-refractivity contribution is -0.115. The quantitative estimate of drug-likeness (QED) is 0.223. The second-order valence-corrected chi connectivity index (χ2v) is 10.7. The van der Waals surface area contributed by atoms with Crippen molar-refractivity contribution in [3.8, 4) is 5.75 Å². The molecule has 10 heteroatoms. The molecule has 1 N–H and O–H groups in total. The van der Waals surface area contributed by atoms with Gasteiger partial charge < -0.3 is 10.1 Å². The molecule has 3 aromatic rings. The molecule has 1 saturated heterocycles. The molecule has 1 fully saturated rings. The third-order valence-corrected chi connectivity index (χ3v) is 7.42. The minimum absolute atomic E-state index is 0.289. The van der Waals surface area contributed by atoms with E-state index in [4.69, 9.17) is 51.1 Å². The van der Waals surface area contributed by atoms with Crippen LogP contribution in [0, 0.1) is 3.57 Å². The van der Waals surface area contributed by atoms with Gasteiger partial charge in [0.2, 0.25) is 0 Å². The van der Waals surface area contributed by atoms with Crippen molar-refractivity contribution < 1.29 is 9.53 Å². The Hall–Kier alpha value is -1.42. The maximum Gasteiger partial charge on any atom is 0.264 e. The molecular weight excluding hydrogens is 637 g/mol. The fourth-order valence-electron chi connectivity index (χ4n) is 2.86. The molecule has 1 heterocycles. The van der Waals surface area contributed by atoms with E-state index in [1.807, 2.05) is 24.3 Å². The third-order valence-electron chi connectivity index (χ3n) is 4.42. The third kappa shape index (κ3) is 6.18. The number of carbonyl (C=O) groups is 1. The van der Waals surface area contributed by atoms with E-state index in [2.05, 4.69) is 32.9 Å². The van der Waals surface area contributed by atoms with Gasteiger partial charge in [0, 0.05) is 3.57 Å². The molecule has 0 aromatic heterocycles. The predicted octanol–water partition coefficient (Wildman–Crippen LogP) is 8.38. The van der Waals surface area contributed by atoms with Gasteiger partial charge in [0.15, 0.2) is 10.9 Å². The lowest BCUT2D eigenvalue weighted by Crippen LogP contribution is -2.19. The number of amides is 1. The van der Waals surface area contributed by atoms with Crippen LogP contribution in [-0.2, 0) is 11.4 Å². The molecule has 33 heavy (non-hydrogen) atoms. The summed E-state index contributed by atoms with van der Waals surface area (Å²) in [5, 5.41) is 4.51. The number of amidine groups is 1. The van der Waals surface area contributed by atoms with Crippen LogP contribution in [-0.4, -0.2) is 11.1 Å². The first-order valence-corrected chi connectivity index (χ1v) is 12.8. The van der Waals surface area contributed by atoms with Crippen molar-refractivity contribution in [3.05, 3.63) is 94.3 Å². The molecule has 3 aromatic carbocycles. The summed E-state index contributed by atoms with van der Waals surface area (Å²) in [6.45, 7) is 0.334. The van der Waals surface area contributed by atoms with Crippen molar-refractivity contribution in [1.82, 2.24) is 5.32 Å². The van der Waals surface area contributed by atoms with Crippen LogP contribution in [0.15, 0.2) is 64.5 Å². The number of carbonyl (C=O) groups excluding carboxylic acids is 1. The van der Waals surface area contributed by atoms with Gasteiger partial charge in [0.25, 0.3) is 5.91 Å². The Bertz CT molecular complexity index is 1270. The molecule has 1 amide bonds. The highest BCUT2D eigenvalue weighted by molar-refractivity contribution is 14.1. The molecular formula is C23H13Cl4IN2O2S. The largest absolute Gasteiger partial charge is 0.486 e. The number of ether oxygens (including phenoxy) is 1. The van der Waals surface area contributed by atoms with Gasteiger partial charge in [-0.1, -0.05) is 64.6 Å². The maximum absolute atomic E-state index is 12.4. The van der Waals surface area contributed by atoms with E-state index in [1.54, 1.807) is 36.4 Å². The zero-order chi connectivity index (χ0) is 23.5. The zero-order valence-corrected chi connectivity index (χ0v) is 22.5. The van der Waals surface area contributed by atoms with Crippen LogP contribution >= 0.6 is 80.8 Å². The number of halogens is 5. The average molecular weight is 650 g/mol. The summed E-state index contributed by atoms with van der Waals surface area (Å²) in [6.07, 6.45) is 1.68. The monoisotopic (exact) mass is 648 g/mol. The first-order valence-electron chi connectivity index (χ1n) is 9.40. The van der Waals surface area contributed by atoms with Gasteiger partial charge in [-0.05, 0) is 88.0 Å². The second kappa shape index (κ2) is 10.9. The van der Waals surface area contributed by atoms with E-state index < -0.39 is 0 Å². The summed E-state index contributed by atoms with van der Waals surface area (Å²) in [4.78, 5) is 17.2. The molecule has 1 aliphatic heterocycles. The Balaban J connectivity index is 1.51. The smallest absolute Gasteiger partial charge is 0.264 e. The molecule has 1 aliphatic rings. The van der Waals surface area contributed by atoms with Crippen molar-refractivity contribution in [1.29, 1.82) is 0 Å². The van der Waals surface area contributed by atoms with Gasteiger partial charge in [0.05, 0.1) is 30.7 Å². The van der Waals surface area contributed by atoms with Crippen LogP contribution in [0.2, 0.25) is 20.1 Å². The normalized spacial score (nSPS) is 15.8. The number of nitrogens with zero attached hydrogens (tertiary/aromatic N) is 1. The van der Waals surface area contributed by atoms with Crippen LogP contribution in [0.1, 0.15) is 11.1 Å². The number of benzene rings is 3. The fraction of sp³-hybridized carbons (Fsp3) is 0.0435. The van der Waals surface area contributed by atoms with Crippen LogP contribution in [0.4, 0.5) is 5.69 Å². The van der Waals surface area contributed by atoms with E-state index in [1.165, 1.54) is 11.8 Å². The Morgan fingerprint density at radius 1 is 1.00 bits per heavy atom. The zero-order valence-electron chi connectivity index (χ0n) is 16.5. The standard InChI is InChI=1S/C23H13Cl4IN2O2S/c24-15-2-1-3-18(20(15)27)29-23-30-22(31)19(33-23)10-13-8-16(25)21(17(26)9-13)32-11-12-4-6-14(28)7-5-12/h1-10H,11H2,(H,29,30,31)/b19-10+. The van der Waals surface area contributed by atoms with Gasteiger partial charge in [-0.2, -0.15) is 0 Å². The summed E-state index contributed by atoms with van der Waals surface area (Å²) in [6, 6.07) is 16.5. The van der Waals surface area contributed by atoms with Gasteiger partial charge in [0.1, 0.15) is 6.61 Å². The fourth-order valence-corrected chi connectivity index (χ4v) is 5.00. The topological polar surface area (TPSA) is 50.7 Å². The lowest BCUT2D eigenvalue weighted by Gasteiger charge is -2.11. The summed E-state index contributed by atoms with van der Waals surface area (Å²) in [7, 11) is 0. The van der Waals surface area contributed by atoms with Gasteiger partial charge in [-0.3, -0.25) is 4.79 Å². The first-order chi connectivity index (χ1) is 15.8. The van der Waals surface area contributed by atoms with Crippen LogP contribution < -0.4 is 10.1 Å². The SMILES string of the molecule is O=C1NC(=Nc2cccc(Cl)c2Cl)S/C1=C/c1cc(Cl)c(OCc2ccc(I)cc2)c(Cl)c1. The summed E-state index contributed by atoms with van der Waals surface area (Å²) >= 11 is 28.5. The van der Waals surface area contributed by atoms with Gasteiger partial charge in [-0.15, -0.1) is 0 Å². The number of thioether (sulfide) groups is 1. The Morgan fingerprint density at radius 2 is 1.70 bits per heavy atom. The van der Waals surface area contributed by atoms with Crippen molar-refractivity contribution in [2.24, 2.45) is 4.99 Å². The van der Waals surface area contributed by atoms with E-state index in [9.17, 15) is 4.79 Å². The second-order valence-electron chi connectivity index (χ2n) is 6.78. The first kappa shape index (κ1) is 24.7. The van der Waals surface area contributed by atoms with Gasteiger partial charge in [-0.25, -0.2) is 4.99 Å². The van der Waals surface area contributed by atoms with E-state index in [0.29, 0.717) is 53.8 Å². The highest BCUT2D eigenvalue weighted by Crippen LogP contribution is 2.38. The van der Waals surface area contributed by atoms with E-state index >= 15 is 0 Å². The number of hydrogen-bond donors (Lipinski definition) is 1. The number of hydrogen-bond acceptors (Lipinski definition) is 4. The van der Waals surface area contributed by atoms with Crippen molar-refractivity contribution in [2.45, 2.75) is 6.61 Å².